The normalized spacial score (nSPS) is 18.0. The van der Waals surface area contributed by atoms with Gasteiger partial charge in [0.2, 0.25) is 0 Å². The van der Waals surface area contributed by atoms with E-state index in [-0.39, 0.29) is 0 Å². The minimum atomic E-state index is 0.597. The fourth-order valence-electron chi connectivity index (χ4n) is 1.74. The first-order valence-corrected chi connectivity index (χ1v) is 4.65. The molecule has 0 aliphatic carbocycles. The van der Waals surface area contributed by atoms with E-state index in [1.807, 2.05) is 36.5 Å². The van der Waals surface area contributed by atoms with Gasteiger partial charge in [0.05, 0.1) is 5.56 Å². The number of hydrogen-bond acceptors (Lipinski definition) is 3. The molecule has 3 nitrogen and oxygen atoms in total. The highest BCUT2D eigenvalue weighted by atomic mass is 16.5. The second kappa shape index (κ2) is 2.87. The zero-order chi connectivity index (χ0) is 9.38. The highest BCUT2D eigenvalue weighted by molar-refractivity contribution is 6.02. The van der Waals surface area contributed by atoms with E-state index < -0.39 is 0 Å². The lowest BCUT2D eigenvalue weighted by molar-refractivity contribution is 0.189. The summed E-state index contributed by atoms with van der Waals surface area (Å²) >= 11 is 0. The first kappa shape index (κ1) is 7.62. The maximum Gasteiger partial charge on any atom is 0.162 e. The fourth-order valence-corrected chi connectivity index (χ4v) is 1.74. The maximum atomic E-state index is 5.60. The van der Waals surface area contributed by atoms with Crippen LogP contribution in [0.5, 0.6) is 5.75 Å². The summed E-state index contributed by atoms with van der Waals surface area (Å²) in [5, 5.41) is 0. The number of benzene rings is 1. The van der Waals surface area contributed by atoms with Gasteiger partial charge in [-0.05, 0) is 18.2 Å². The lowest BCUT2D eigenvalue weighted by Crippen LogP contribution is -2.40. The van der Waals surface area contributed by atoms with Crippen molar-refractivity contribution in [2.24, 2.45) is 4.99 Å². The van der Waals surface area contributed by atoms with Crippen molar-refractivity contribution in [1.29, 1.82) is 0 Å². The molecule has 0 bridgehead atoms. The Morgan fingerprint density at radius 3 is 3.21 bits per heavy atom. The first-order chi connectivity index (χ1) is 6.95. The molecule has 0 saturated carbocycles. The lowest BCUT2D eigenvalue weighted by Gasteiger charge is -2.32. The second-order valence-electron chi connectivity index (χ2n) is 3.33. The van der Waals surface area contributed by atoms with Crippen molar-refractivity contribution in [2.75, 3.05) is 13.3 Å². The van der Waals surface area contributed by atoms with E-state index in [2.05, 4.69) is 9.89 Å². The molecule has 0 spiro atoms. The Bertz CT molecular complexity index is 423. The van der Waals surface area contributed by atoms with E-state index >= 15 is 0 Å². The number of nitrogens with zero attached hydrogens (tertiary/aromatic N) is 2. The smallest absolute Gasteiger partial charge is 0.162 e. The van der Waals surface area contributed by atoms with E-state index in [1.54, 1.807) is 0 Å². The summed E-state index contributed by atoms with van der Waals surface area (Å²) in [6.45, 7) is 1.48. The second-order valence-corrected chi connectivity index (χ2v) is 3.33. The van der Waals surface area contributed by atoms with Gasteiger partial charge in [0.15, 0.2) is 6.73 Å². The number of hydrogen-bond donors (Lipinski definition) is 0. The summed E-state index contributed by atoms with van der Waals surface area (Å²) in [5.41, 5.74) is 1.09. The van der Waals surface area contributed by atoms with Crippen LogP contribution in [-0.4, -0.2) is 24.0 Å². The summed E-state index contributed by atoms with van der Waals surface area (Å²) in [6, 6.07) is 8.01. The van der Waals surface area contributed by atoms with Crippen molar-refractivity contribution in [2.45, 2.75) is 0 Å². The van der Waals surface area contributed by atoms with Gasteiger partial charge in [-0.2, -0.15) is 0 Å². The summed E-state index contributed by atoms with van der Waals surface area (Å²) in [5.74, 6) is 1.95. The van der Waals surface area contributed by atoms with Gasteiger partial charge in [0.1, 0.15) is 11.6 Å². The monoisotopic (exact) mass is 186 g/mol. The van der Waals surface area contributed by atoms with Gasteiger partial charge in [-0.3, -0.25) is 0 Å². The van der Waals surface area contributed by atoms with Gasteiger partial charge >= 0.3 is 0 Å². The zero-order valence-corrected chi connectivity index (χ0v) is 7.68. The van der Waals surface area contributed by atoms with Crippen molar-refractivity contribution in [1.82, 2.24) is 4.90 Å². The van der Waals surface area contributed by atoms with Crippen molar-refractivity contribution < 1.29 is 4.74 Å². The molecule has 70 valence electrons. The van der Waals surface area contributed by atoms with Crippen molar-refractivity contribution in [3.63, 3.8) is 0 Å². The Hall–Kier alpha value is -1.77. The molecule has 0 N–H and O–H groups in total. The molecule has 0 saturated heterocycles. The van der Waals surface area contributed by atoms with Crippen LogP contribution in [0, 0.1) is 0 Å². The third-order valence-electron chi connectivity index (χ3n) is 2.43. The quantitative estimate of drug-likeness (QED) is 0.615. The minimum Gasteiger partial charge on any atom is -0.472 e. The Morgan fingerprint density at radius 2 is 2.21 bits per heavy atom. The SMILES string of the molecule is C1=CN=C2c3ccccc3OCN2C1. The van der Waals surface area contributed by atoms with Crippen LogP contribution in [0.25, 0.3) is 0 Å². The summed E-state index contributed by atoms with van der Waals surface area (Å²) < 4.78 is 5.60. The van der Waals surface area contributed by atoms with E-state index in [0.29, 0.717) is 6.73 Å². The van der Waals surface area contributed by atoms with Gasteiger partial charge < -0.3 is 9.64 Å². The Kier molecular flexibility index (Phi) is 1.56. The van der Waals surface area contributed by atoms with Crippen molar-refractivity contribution >= 4 is 5.84 Å². The molecule has 1 aromatic rings. The molecule has 0 radical (unpaired) electrons. The van der Waals surface area contributed by atoms with Crippen molar-refractivity contribution in [3.05, 3.63) is 42.1 Å². The van der Waals surface area contributed by atoms with Gasteiger partial charge in [-0.15, -0.1) is 0 Å². The van der Waals surface area contributed by atoms with Crippen molar-refractivity contribution in [3.8, 4) is 5.75 Å². The van der Waals surface area contributed by atoms with E-state index in [9.17, 15) is 0 Å². The lowest BCUT2D eigenvalue weighted by atomic mass is 10.1. The zero-order valence-electron chi connectivity index (χ0n) is 7.68. The standard InChI is InChI=1S/C11H10N2O/c1-2-5-10-9(4-1)11-12-6-3-7-13(11)8-14-10/h1-6H,7-8H2. The van der Waals surface area contributed by atoms with E-state index in [4.69, 9.17) is 4.74 Å². The van der Waals surface area contributed by atoms with Crippen LogP contribution in [0.15, 0.2) is 41.5 Å². The number of ether oxygens (including phenoxy) is 1. The largest absolute Gasteiger partial charge is 0.472 e. The van der Waals surface area contributed by atoms with Gasteiger partial charge in [-0.25, -0.2) is 4.99 Å². The molecular formula is C11H10N2O. The molecule has 3 heteroatoms. The Labute approximate surface area is 82.3 Å². The number of amidine groups is 1. The topological polar surface area (TPSA) is 24.8 Å². The molecule has 0 fully saturated rings. The number of fused-ring (bicyclic) bond motifs is 3. The highest BCUT2D eigenvalue weighted by Gasteiger charge is 2.23. The van der Waals surface area contributed by atoms with E-state index in [1.165, 1.54) is 0 Å². The molecule has 2 heterocycles. The average molecular weight is 186 g/mol. The molecule has 2 aliphatic heterocycles. The van der Waals surface area contributed by atoms with Gasteiger partial charge in [0.25, 0.3) is 0 Å². The molecular weight excluding hydrogens is 176 g/mol. The number of aliphatic imine (C=N–C) groups is 1. The number of rotatable bonds is 0. The fraction of sp³-hybridized carbons (Fsp3) is 0.182. The maximum absolute atomic E-state index is 5.60. The summed E-state index contributed by atoms with van der Waals surface area (Å²) in [6.07, 6.45) is 3.88. The first-order valence-electron chi connectivity index (χ1n) is 4.65. The molecule has 2 aliphatic rings. The van der Waals surface area contributed by atoms with E-state index in [0.717, 1.165) is 23.7 Å². The highest BCUT2D eigenvalue weighted by Crippen LogP contribution is 2.25. The predicted octanol–water partition coefficient (Wildman–Crippen LogP) is 1.61. The predicted molar refractivity (Wildman–Crippen MR) is 54.3 cm³/mol. The summed E-state index contributed by atoms with van der Waals surface area (Å²) in [7, 11) is 0. The number of para-hydroxylation sites is 1. The van der Waals surface area contributed by atoms with Crippen LogP contribution < -0.4 is 4.74 Å². The molecule has 3 rings (SSSR count). The van der Waals surface area contributed by atoms with Crippen LogP contribution in [0.4, 0.5) is 0 Å². The molecule has 0 unspecified atom stereocenters. The molecule has 0 aromatic heterocycles. The molecule has 0 amide bonds. The average Bonchev–Trinajstić information content (AvgIpc) is 2.29. The van der Waals surface area contributed by atoms with Crippen LogP contribution in [0.2, 0.25) is 0 Å². The molecule has 1 aromatic carbocycles. The van der Waals surface area contributed by atoms with Crippen LogP contribution in [0.3, 0.4) is 0 Å². The van der Waals surface area contributed by atoms with Gasteiger partial charge in [0, 0.05) is 12.7 Å². The molecule has 0 atom stereocenters. The third kappa shape index (κ3) is 1.02. The van der Waals surface area contributed by atoms with Crippen LogP contribution in [-0.2, 0) is 0 Å². The Balaban J connectivity index is 2.15. The summed E-state index contributed by atoms with van der Waals surface area (Å²) in [4.78, 5) is 6.49. The minimum absolute atomic E-state index is 0.597. The molecule has 14 heavy (non-hydrogen) atoms. The Morgan fingerprint density at radius 1 is 1.29 bits per heavy atom. The third-order valence-corrected chi connectivity index (χ3v) is 2.43. The van der Waals surface area contributed by atoms with Crippen LogP contribution >= 0.6 is 0 Å². The van der Waals surface area contributed by atoms with Crippen LogP contribution in [0.1, 0.15) is 5.56 Å². The van der Waals surface area contributed by atoms with Gasteiger partial charge in [-0.1, -0.05) is 12.1 Å².